The van der Waals surface area contributed by atoms with Crippen molar-refractivity contribution in [1.82, 2.24) is 19.9 Å². The van der Waals surface area contributed by atoms with Crippen LogP contribution in [0.3, 0.4) is 0 Å². The third-order valence-corrected chi connectivity index (χ3v) is 4.34. The number of carbonyl (C=O) groups is 2. The summed E-state index contributed by atoms with van der Waals surface area (Å²) in [6.07, 6.45) is 3.95. The molecule has 0 aliphatic heterocycles. The van der Waals surface area contributed by atoms with Crippen molar-refractivity contribution in [3.05, 3.63) is 66.1 Å². The molecule has 0 saturated heterocycles. The van der Waals surface area contributed by atoms with Crippen molar-refractivity contribution >= 4 is 17.7 Å². The molecule has 3 aromatic rings. The van der Waals surface area contributed by atoms with Gasteiger partial charge in [0.05, 0.1) is 12.2 Å². The fraction of sp³-hybridized carbons (Fsp3) is 0.364. The van der Waals surface area contributed by atoms with Crippen LogP contribution >= 0.6 is 0 Å². The number of fused-ring (bicyclic) bond motifs is 1. The molecule has 0 fully saturated rings. The highest BCUT2D eigenvalue weighted by molar-refractivity contribution is 5.95. The van der Waals surface area contributed by atoms with Gasteiger partial charge in [0.25, 0.3) is 0 Å². The summed E-state index contributed by atoms with van der Waals surface area (Å²) in [5.74, 6) is -0.553. The number of hydrogen-bond donors (Lipinski definition) is 1. The van der Waals surface area contributed by atoms with Gasteiger partial charge in [0.15, 0.2) is 5.65 Å². The fourth-order valence-corrected chi connectivity index (χ4v) is 2.93. The highest BCUT2D eigenvalue weighted by atomic mass is 16.6. The Kier molecular flexibility index (Phi) is 6.34. The topological polar surface area (TPSA) is 94.8 Å². The number of esters is 1. The van der Waals surface area contributed by atoms with Crippen LogP contribution in [-0.2, 0) is 15.9 Å². The summed E-state index contributed by atoms with van der Waals surface area (Å²) in [5, 5.41) is 6.90. The van der Waals surface area contributed by atoms with Crippen molar-refractivity contribution in [1.29, 1.82) is 0 Å². The summed E-state index contributed by atoms with van der Waals surface area (Å²) in [6.45, 7) is 7.14. The molecule has 3 rings (SSSR count). The highest BCUT2D eigenvalue weighted by Crippen LogP contribution is 2.16. The van der Waals surface area contributed by atoms with Gasteiger partial charge in [0, 0.05) is 18.8 Å². The average molecular weight is 410 g/mol. The van der Waals surface area contributed by atoms with E-state index < -0.39 is 29.8 Å². The average Bonchev–Trinajstić information content (AvgIpc) is 3.11. The zero-order valence-corrected chi connectivity index (χ0v) is 17.5. The zero-order chi connectivity index (χ0) is 21.7. The number of carbonyl (C=O) groups excluding carboxylic acids is 2. The van der Waals surface area contributed by atoms with Crippen LogP contribution in [0.2, 0.25) is 0 Å². The number of aromatic nitrogens is 3. The van der Waals surface area contributed by atoms with Gasteiger partial charge in [-0.25, -0.2) is 19.1 Å². The second-order valence-electron chi connectivity index (χ2n) is 8.01. The van der Waals surface area contributed by atoms with E-state index in [1.54, 1.807) is 46.2 Å². The third-order valence-electron chi connectivity index (χ3n) is 4.34. The number of rotatable bonds is 6. The Morgan fingerprint density at radius 2 is 1.90 bits per heavy atom. The van der Waals surface area contributed by atoms with Crippen molar-refractivity contribution in [2.45, 2.75) is 51.9 Å². The van der Waals surface area contributed by atoms with Crippen molar-refractivity contribution in [2.75, 3.05) is 0 Å². The Labute approximate surface area is 175 Å². The monoisotopic (exact) mass is 410 g/mol. The van der Waals surface area contributed by atoms with Crippen LogP contribution in [0.15, 0.2) is 55.0 Å². The summed E-state index contributed by atoms with van der Waals surface area (Å²) in [5.41, 5.74) is 1.02. The molecule has 2 atom stereocenters. The van der Waals surface area contributed by atoms with Gasteiger partial charge in [0.2, 0.25) is 0 Å². The number of nitrogens with one attached hydrogen (secondary N) is 1. The van der Waals surface area contributed by atoms with E-state index in [1.807, 2.05) is 30.3 Å². The minimum Gasteiger partial charge on any atom is -0.456 e. The predicted octanol–water partition coefficient (Wildman–Crippen LogP) is 3.41. The number of ether oxygens (including phenoxy) is 2. The van der Waals surface area contributed by atoms with Gasteiger partial charge < -0.3 is 14.8 Å². The van der Waals surface area contributed by atoms with E-state index in [-0.39, 0.29) is 5.56 Å². The lowest BCUT2D eigenvalue weighted by Gasteiger charge is -2.27. The minimum atomic E-state index is -0.627. The molecule has 0 radical (unpaired) electrons. The van der Waals surface area contributed by atoms with E-state index in [4.69, 9.17) is 9.47 Å². The molecule has 1 aromatic carbocycles. The van der Waals surface area contributed by atoms with Gasteiger partial charge in [-0.2, -0.15) is 5.10 Å². The Bertz CT molecular complexity index is 1010. The smallest absolute Gasteiger partial charge is 0.407 e. The van der Waals surface area contributed by atoms with Gasteiger partial charge in [-0.1, -0.05) is 30.3 Å². The van der Waals surface area contributed by atoms with Gasteiger partial charge in [0.1, 0.15) is 17.3 Å². The first kappa shape index (κ1) is 21.3. The summed E-state index contributed by atoms with van der Waals surface area (Å²) < 4.78 is 12.6. The Morgan fingerprint density at radius 3 is 2.60 bits per heavy atom. The quantitative estimate of drug-likeness (QED) is 0.626. The standard InChI is InChI=1S/C22H26N4O4/c1-15(25-21(28)30-22(2,3)4)18(13-16-9-6-5-7-10-16)29-20(27)17-14-24-26-12-8-11-23-19(17)26/h5-12,14-15,18H,13H2,1-4H3,(H,25,28)/t15-,18+/m0/s1. The van der Waals surface area contributed by atoms with Crippen molar-refractivity contribution in [2.24, 2.45) is 0 Å². The summed E-state index contributed by atoms with van der Waals surface area (Å²) in [6, 6.07) is 10.9. The predicted molar refractivity (Wildman–Crippen MR) is 111 cm³/mol. The highest BCUT2D eigenvalue weighted by Gasteiger charge is 2.27. The fourth-order valence-electron chi connectivity index (χ4n) is 2.93. The summed E-state index contributed by atoms with van der Waals surface area (Å²) >= 11 is 0. The van der Waals surface area contributed by atoms with Crippen LogP contribution < -0.4 is 5.32 Å². The van der Waals surface area contributed by atoms with Crippen LogP contribution in [0.1, 0.15) is 43.6 Å². The minimum absolute atomic E-state index is 0.262. The maximum atomic E-state index is 12.9. The maximum absolute atomic E-state index is 12.9. The number of nitrogens with zero attached hydrogens (tertiary/aromatic N) is 3. The molecule has 2 aromatic heterocycles. The van der Waals surface area contributed by atoms with Crippen molar-refractivity contribution in [3.63, 3.8) is 0 Å². The molecule has 0 bridgehead atoms. The van der Waals surface area contributed by atoms with Gasteiger partial charge in [-0.05, 0) is 39.3 Å². The summed E-state index contributed by atoms with van der Waals surface area (Å²) in [4.78, 5) is 29.3. The normalized spacial score (nSPS) is 13.5. The molecule has 0 aliphatic carbocycles. The molecule has 2 heterocycles. The van der Waals surface area contributed by atoms with E-state index in [0.29, 0.717) is 12.1 Å². The molecule has 0 saturated carbocycles. The first-order chi connectivity index (χ1) is 14.2. The molecule has 8 heteroatoms. The molecule has 30 heavy (non-hydrogen) atoms. The first-order valence-electron chi connectivity index (χ1n) is 9.76. The second-order valence-corrected chi connectivity index (χ2v) is 8.01. The lowest BCUT2D eigenvalue weighted by atomic mass is 10.0. The maximum Gasteiger partial charge on any atom is 0.407 e. The zero-order valence-electron chi connectivity index (χ0n) is 17.5. The Hall–Kier alpha value is -3.42. The largest absolute Gasteiger partial charge is 0.456 e. The Morgan fingerprint density at radius 1 is 1.17 bits per heavy atom. The molecule has 0 unspecified atom stereocenters. The molecule has 0 aliphatic rings. The number of hydrogen-bond acceptors (Lipinski definition) is 6. The number of benzene rings is 1. The van der Waals surface area contributed by atoms with Gasteiger partial charge >= 0.3 is 12.1 Å². The van der Waals surface area contributed by atoms with E-state index in [0.717, 1.165) is 5.56 Å². The molecule has 158 valence electrons. The number of amides is 1. The van der Waals surface area contributed by atoms with E-state index in [1.165, 1.54) is 10.7 Å². The molecule has 1 amide bonds. The van der Waals surface area contributed by atoms with E-state index in [2.05, 4.69) is 15.4 Å². The van der Waals surface area contributed by atoms with Crippen LogP contribution in [0, 0.1) is 0 Å². The van der Waals surface area contributed by atoms with E-state index in [9.17, 15) is 9.59 Å². The SMILES string of the molecule is C[C@H](NC(=O)OC(C)(C)C)[C@@H](Cc1ccccc1)OC(=O)c1cnn2cccnc12. The van der Waals surface area contributed by atoms with Crippen molar-refractivity contribution in [3.8, 4) is 0 Å². The van der Waals surface area contributed by atoms with Gasteiger partial charge in [-0.3, -0.25) is 0 Å². The molecule has 1 N–H and O–H groups in total. The molecule has 0 spiro atoms. The molecular weight excluding hydrogens is 384 g/mol. The van der Waals surface area contributed by atoms with Crippen LogP contribution in [-0.4, -0.2) is 44.4 Å². The Balaban J connectivity index is 1.78. The van der Waals surface area contributed by atoms with Crippen LogP contribution in [0.4, 0.5) is 4.79 Å². The van der Waals surface area contributed by atoms with Crippen molar-refractivity contribution < 1.29 is 19.1 Å². The lowest BCUT2D eigenvalue weighted by Crippen LogP contribution is -2.46. The van der Waals surface area contributed by atoms with Gasteiger partial charge in [-0.15, -0.1) is 0 Å². The van der Waals surface area contributed by atoms with Crippen LogP contribution in [0.25, 0.3) is 5.65 Å². The molecule has 8 nitrogen and oxygen atoms in total. The molecular formula is C22H26N4O4. The van der Waals surface area contributed by atoms with Crippen LogP contribution in [0.5, 0.6) is 0 Å². The lowest BCUT2D eigenvalue weighted by molar-refractivity contribution is 0.0161. The number of alkyl carbamates (subject to hydrolysis) is 1. The first-order valence-corrected chi connectivity index (χ1v) is 9.76. The third kappa shape index (κ3) is 5.56. The summed E-state index contributed by atoms with van der Waals surface area (Å²) in [7, 11) is 0. The second kappa shape index (κ2) is 8.94. The van der Waals surface area contributed by atoms with E-state index >= 15 is 0 Å².